The van der Waals surface area contributed by atoms with Gasteiger partial charge in [0.25, 0.3) is 0 Å². The third kappa shape index (κ3) is 7.04. The Kier molecular flexibility index (Phi) is 7.31. The molecule has 136 valence electrons. The normalized spacial score (nSPS) is 10.2. The zero-order chi connectivity index (χ0) is 18.9. The third-order valence-corrected chi connectivity index (χ3v) is 3.50. The van der Waals surface area contributed by atoms with Crippen molar-refractivity contribution in [1.29, 1.82) is 0 Å². The molecule has 0 aliphatic rings. The summed E-state index contributed by atoms with van der Waals surface area (Å²) in [6.45, 7) is 0.0408. The van der Waals surface area contributed by atoms with Gasteiger partial charge in [0.15, 0.2) is 0 Å². The maximum absolute atomic E-state index is 13.1. The molecule has 0 aliphatic carbocycles. The molecule has 0 heterocycles. The minimum Gasteiger partial charge on any atom is -0.319 e. The van der Waals surface area contributed by atoms with Crippen molar-refractivity contribution in [3.63, 3.8) is 0 Å². The summed E-state index contributed by atoms with van der Waals surface area (Å²) >= 11 is 5.02. The highest BCUT2D eigenvalue weighted by atomic mass is 32.1. The summed E-state index contributed by atoms with van der Waals surface area (Å²) in [5, 5.41) is 2.55. The molecule has 26 heavy (non-hydrogen) atoms. The summed E-state index contributed by atoms with van der Waals surface area (Å²) in [6.07, 6.45) is -0.00666. The molecule has 0 spiro atoms. The minimum atomic E-state index is -0.747. The van der Waals surface area contributed by atoms with Gasteiger partial charge in [-0.05, 0) is 23.3 Å². The van der Waals surface area contributed by atoms with E-state index < -0.39 is 17.5 Å². The largest absolute Gasteiger partial charge is 0.319 e. The van der Waals surface area contributed by atoms with Crippen molar-refractivity contribution < 1.29 is 18.4 Å². The van der Waals surface area contributed by atoms with Gasteiger partial charge < -0.3 is 5.32 Å². The van der Waals surface area contributed by atoms with E-state index in [1.54, 1.807) is 0 Å². The molecule has 0 fully saturated rings. The van der Waals surface area contributed by atoms with E-state index in [4.69, 9.17) is 12.2 Å². The van der Waals surface area contributed by atoms with Gasteiger partial charge in [0, 0.05) is 6.07 Å². The van der Waals surface area contributed by atoms with Crippen LogP contribution in [0.5, 0.6) is 0 Å². The van der Waals surface area contributed by atoms with Crippen LogP contribution in [0.3, 0.4) is 0 Å². The predicted octanol–water partition coefficient (Wildman–Crippen LogP) is 1.81. The molecule has 0 saturated heterocycles. The Balaban J connectivity index is 1.69. The second-order valence-corrected chi connectivity index (χ2v) is 5.98. The lowest BCUT2D eigenvalue weighted by Crippen LogP contribution is -2.45. The summed E-state index contributed by atoms with van der Waals surface area (Å²) < 4.78 is 26.1. The van der Waals surface area contributed by atoms with Gasteiger partial charge in [-0.25, -0.2) is 14.2 Å². The zero-order valence-corrected chi connectivity index (χ0v) is 14.5. The van der Waals surface area contributed by atoms with Crippen LogP contribution in [0.2, 0.25) is 0 Å². The SMILES string of the molecule is O=C(Cc1cc(F)cc(F)c1)NNCC(=S)NC(=O)Cc1ccccc1. The molecule has 2 rings (SSSR count). The smallest absolute Gasteiger partial charge is 0.238 e. The summed E-state index contributed by atoms with van der Waals surface area (Å²) in [5.74, 6) is -2.25. The molecule has 0 radical (unpaired) electrons. The first kappa shape index (κ1) is 19.6. The van der Waals surface area contributed by atoms with E-state index in [0.717, 1.165) is 23.8 Å². The molecule has 3 N–H and O–H groups in total. The Labute approximate surface area is 154 Å². The molecular formula is C18H17F2N3O2S. The second kappa shape index (κ2) is 9.69. The molecule has 2 amide bonds. The summed E-state index contributed by atoms with van der Waals surface area (Å²) in [4.78, 5) is 23.8. The van der Waals surface area contributed by atoms with Crippen LogP contribution < -0.4 is 16.2 Å². The fourth-order valence-corrected chi connectivity index (χ4v) is 2.38. The average molecular weight is 377 g/mol. The van der Waals surface area contributed by atoms with E-state index in [9.17, 15) is 18.4 Å². The molecule has 0 aliphatic heterocycles. The first-order valence-corrected chi connectivity index (χ1v) is 8.16. The maximum atomic E-state index is 13.1. The Hall–Kier alpha value is -2.71. The van der Waals surface area contributed by atoms with Crippen LogP contribution in [-0.4, -0.2) is 23.3 Å². The highest BCUT2D eigenvalue weighted by Gasteiger charge is 2.08. The number of rotatable bonds is 7. The van der Waals surface area contributed by atoms with E-state index in [1.807, 2.05) is 30.3 Å². The van der Waals surface area contributed by atoms with Crippen molar-refractivity contribution in [1.82, 2.24) is 16.2 Å². The van der Waals surface area contributed by atoms with Gasteiger partial charge in [-0.2, -0.15) is 0 Å². The predicted molar refractivity (Wildman–Crippen MR) is 97.1 cm³/mol. The van der Waals surface area contributed by atoms with Gasteiger partial charge in [0.05, 0.1) is 24.4 Å². The lowest BCUT2D eigenvalue weighted by atomic mass is 10.1. The number of carbonyl (C=O) groups is 2. The molecule has 0 saturated carbocycles. The number of halogens is 2. The van der Waals surface area contributed by atoms with Gasteiger partial charge in [0.2, 0.25) is 11.8 Å². The fraction of sp³-hybridized carbons (Fsp3) is 0.167. The van der Waals surface area contributed by atoms with E-state index in [-0.39, 0.29) is 35.8 Å². The number of thiocarbonyl (C=S) groups is 1. The Morgan fingerprint density at radius 2 is 1.50 bits per heavy atom. The number of nitrogens with one attached hydrogen (secondary N) is 3. The number of amides is 2. The average Bonchev–Trinajstić information content (AvgIpc) is 2.54. The molecule has 2 aromatic carbocycles. The number of carbonyl (C=O) groups excluding carboxylic acids is 2. The number of hydrazine groups is 1. The van der Waals surface area contributed by atoms with Gasteiger partial charge in [-0.1, -0.05) is 42.5 Å². The molecule has 2 aromatic rings. The molecule has 8 heteroatoms. The Bertz CT molecular complexity index is 780. The lowest BCUT2D eigenvalue weighted by Gasteiger charge is -2.10. The van der Waals surface area contributed by atoms with Crippen LogP contribution in [-0.2, 0) is 22.4 Å². The summed E-state index contributed by atoms with van der Waals surface area (Å²) in [7, 11) is 0. The lowest BCUT2D eigenvalue weighted by molar-refractivity contribution is -0.121. The standard InChI is InChI=1S/C18H17F2N3O2S/c19-14-6-13(7-15(20)10-14)9-17(25)23-21-11-18(26)22-16(24)8-12-4-2-1-3-5-12/h1-7,10,21H,8-9,11H2,(H,23,25)(H,22,24,26). The van der Waals surface area contributed by atoms with E-state index in [2.05, 4.69) is 16.2 Å². The quantitative estimate of drug-likeness (QED) is 0.509. The highest BCUT2D eigenvalue weighted by molar-refractivity contribution is 7.80. The van der Waals surface area contributed by atoms with Gasteiger partial charge in [0.1, 0.15) is 11.6 Å². The monoisotopic (exact) mass is 377 g/mol. The third-order valence-electron chi connectivity index (χ3n) is 3.25. The van der Waals surface area contributed by atoms with Crippen LogP contribution in [0.15, 0.2) is 48.5 Å². The highest BCUT2D eigenvalue weighted by Crippen LogP contribution is 2.08. The molecule has 5 nitrogen and oxygen atoms in total. The van der Waals surface area contributed by atoms with Crippen molar-refractivity contribution >= 4 is 29.0 Å². The molecular weight excluding hydrogens is 360 g/mol. The molecule has 0 unspecified atom stereocenters. The van der Waals surface area contributed by atoms with E-state index in [1.165, 1.54) is 0 Å². The minimum absolute atomic E-state index is 0.0408. The number of hydrogen-bond donors (Lipinski definition) is 3. The van der Waals surface area contributed by atoms with Crippen molar-refractivity contribution in [2.75, 3.05) is 6.54 Å². The van der Waals surface area contributed by atoms with Gasteiger partial charge in [-0.15, -0.1) is 0 Å². The van der Waals surface area contributed by atoms with Crippen molar-refractivity contribution in [2.24, 2.45) is 0 Å². The second-order valence-electron chi connectivity index (χ2n) is 5.49. The summed E-state index contributed by atoms with van der Waals surface area (Å²) in [5.41, 5.74) is 5.98. The maximum Gasteiger partial charge on any atom is 0.238 e. The fourth-order valence-electron chi connectivity index (χ4n) is 2.19. The zero-order valence-electron chi connectivity index (χ0n) is 13.7. The van der Waals surface area contributed by atoms with Gasteiger partial charge >= 0.3 is 0 Å². The molecule has 0 aromatic heterocycles. The van der Waals surface area contributed by atoms with E-state index in [0.29, 0.717) is 0 Å². The van der Waals surface area contributed by atoms with Crippen molar-refractivity contribution in [2.45, 2.75) is 12.8 Å². The molecule has 0 bridgehead atoms. The van der Waals surface area contributed by atoms with Crippen LogP contribution in [0.25, 0.3) is 0 Å². The van der Waals surface area contributed by atoms with Crippen LogP contribution in [0.1, 0.15) is 11.1 Å². The van der Waals surface area contributed by atoms with Crippen LogP contribution >= 0.6 is 12.2 Å². The molecule has 0 atom stereocenters. The van der Waals surface area contributed by atoms with Crippen LogP contribution in [0.4, 0.5) is 8.78 Å². The van der Waals surface area contributed by atoms with Crippen molar-refractivity contribution in [3.8, 4) is 0 Å². The first-order valence-electron chi connectivity index (χ1n) is 7.75. The topological polar surface area (TPSA) is 70.2 Å². The Morgan fingerprint density at radius 1 is 0.885 bits per heavy atom. The summed E-state index contributed by atoms with van der Waals surface area (Å²) in [6, 6.07) is 12.1. The van der Waals surface area contributed by atoms with Crippen LogP contribution in [0, 0.1) is 11.6 Å². The Morgan fingerprint density at radius 3 is 2.15 bits per heavy atom. The van der Waals surface area contributed by atoms with Crippen molar-refractivity contribution in [3.05, 3.63) is 71.3 Å². The first-order chi connectivity index (χ1) is 12.4. The number of benzene rings is 2. The van der Waals surface area contributed by atoms with E-state index >= 15 is 0 Å². The number of hydrogen-bond acceptors (Lipinski definition) is 4. The van der Waals surface area contributed by atoms with Gasteiger partial charge in [-0.3, -0.25) is 15.0 Å².